The number of carboxylic acid groups (broad SMARTS) is 1. The van der Waals surface area contributed by atoms with Crippen LogP contribution in [-0.2, 0) is 14.3 Å². The fraction of sp³-hybridized carbons (Fsp3) is 0.769. The number of hydrogen-bond donors (Lipinski definition) is 2. The third kappa shape index (κ3) is 6.96. The maximum absolute atomic E-state index is 11.9. The SMILES string of the molecule is CCCC(CNC(=O)N(CC)CC(=O)OCC)C(=O)O. The van der Waals surface area contributed by atoms with Crippen LogP contribution in [0.1, 0.15) is 33.6 Å². The quantitative estimate of drug-likeness (QED) is 0.619. The molecule has 1 unspecified atom stereocenters. The number of likely N-dealkylation sites (N-methyl/N-ethyl adjacent to an activating group) is 1. The molecule has 0 heterocycles. The summed E-state index contributed by atoms with van der Waals surface area (Å²) in [6.07, 6.45) is 1.23. The van der Waals surface area contributed by atoms with Gasteiger partial charge in [0.2, 0.25) is 0 Å². The Kier molecular flexibility index (Phi) is 9.15. The second-order valence-electron chi connectivity index (χ2n) is 4.33. The topological polar surface area (TPSA) is 95.9 Å². The normalized spacial score (nSPS) is 11.6. The van der Waals surface area contributed by atoms with Gasteiger partial charge >= 0.3 is 18.0 Å². The number of nitrogens with one attached hydrogen (secondary N) is 1. The van der Waals surface area contributed by atoms with Gasteiger partial charge < -0.3 is 20.1 Å². The molecule has 0 aromatic carbocycles. The standard InChI is InChI=1S/C13H24N2O5/c1-4-7-10(12(17)18)8-14-13(19)15(5-2)9-11(16)20-6-3/h10H,4-9H2,1-3H3,(H,14,19)(H,17,18). The van der Waals surface area contributed by atoms with Crippen molar-refractivity contribution in [1.29, 1.82) is 0 Å². The van der Waals surface area contributed by atoms with Gasteiger partial charge in [-0.2, -0.15) is 0 Å². The predicted molar refractivity (Wildman–Crippen MR) is 73.3 cm³/mol. The van der Waals surface area contributed by atoms with Gasteiger partial charge in [0.15, 0.2) is 0 Å². The number of carbonyl (C=O) groups excluding carboxylic acids is 2. The molecule has 0 radical (unpaired) electrons. The van der Waals surface area contributed by atoms with Crippen LogP contribution >= 0.6 is 0 Å². The lowest BCUT2D eigenvalue weighted by molar-refractivity contribution is -0.144. The molecule has 116 valence electrons. The Hall–Kier alpha value is -1.79. The van der Waals surface area contributed by atoms with Crippen molar-refractivity contribution < 1.29 is 24.2 Å². The number of nitrogens with zero attached hydrogens (tertiary/aromatic N) is 1. The van der Waals surface area contributed by atoms with Crippen LogP contribution < -0.4 is 5.32 Å². The summed E-state index contributed by atoms with van der Waals surface area (Å²) < 4.78 is 4.77. The lowest BCUT2D eigenvalue weighted by Crippen LogP contribution is -2.45. The number of aliphatic carboxylic acids is 1. The van der Waals surface area contributed by atoms with E-state index < -0.39 is 23.9 Å². The highest BCUT2D eigenvalue weighted by Crippen LogP contribution is 2.05. The Morgan fingerprint density at radius 3 is 2.35 bits per heavy atom. The van der Waals surface area contributed by atoms with E-state index in [1.165, 1.54) is 4.90 Å². The number of rotatable bonds is 9. The zero-order valence-electron chi connectivity index (χ0n) is 12.3. The highest BCUT2D eigenvalue weighted by atomic mass is 16.5. The van der Waals surface area contributed by atoms with E-state index in [4.69, 9.17) is 9.84 Å². The van der Waals surface area contributed by atoms with Crippen LogP contribution in [0.5, 0.6) is 0 Å². The molecule has 1 atom stereocenters. The van der Waals surface area contributed by atoms with Gasteiger partial charge in [-0.05, 0) is 20.3 Å². The van der Waals surface area contributed by atoms with E-state index in [0.29, 0.717) is 13.0 Å². The number of hydrogen-bond acceptors (Lipinski definition) is 4. The summed E-state index contributed by atoms with van der Waals surface area (Å²) in [5.74, 6) is -2.02. The molecular formula is C13H24N2O5. The third-order valence-corrected chi connectivity index (χ3v) is 2.78. The molecule has 0 bridgehead atoms. The number of urea groups is 1. The largest absolute Gasteiger partial charge is 0.481 e. The average molecular weight is 288 g/mol. The molecule has 0 aliphatic carbocycles. The Morgan fingerprint density at radius 1 is 1.25 bits per heavy atom. The van der Waals surface area contributed by atoms with Crippen LogP contribution in [0.4, 0.5) is 4.79 Å². The number of carbonyl (C=O) groups is 3. The van der Waals surface area contributed by atoms with Gasteiger partial charge in [-0.1, -0.05) is 13.3 Å². The molecule has 0 spiro atoms. The lowest BCUT2D eigenvalue weighted by Gasteiger charge is -2.21. The van der Waals surface area contributed by atoms with E-state index in [1.807, 2.05) is 6.92 Å². The minimum Gasteiger partial charge on any atom is -0.481 e. The highest BCUT2D eigenvalue weighted by molar-refractivity contribution is 5.81. The second-order valence-corrected chi connectivity index (χ2v) is 4.33. The van der Waals surface area contributed by atoms with Gasteiger partial charge in [-0.15, -0.1) is 0 Å². The number of amides is 2. The molecule has 0 aliphatic heterocycles. The van der Waals surface area contributed by atoms with Crippen LogP contribution in [0, 0.1) is 5.92 Å². The minimum absolute atomic E-state index is 0.0569. The number of ether oxygens (including phenoxy) is 1. The van der Waals surface area contributed by atoms with Crippen molar-refractivity contribution in [2.24, 2.45) is 5.92 Å². The molecule has 7 nitrogen and oxygen atoms in total. The van der Waals surface area contributed by atoms with Gasteiger partial charge in [0.1, 0.15) is 6.54 Å². The summed E-state index contributed by atoms with van der Waals surface area (Å²) >= 11 is 0. The minimum atomic E-state index is -0.930. The summed E-state index contributed by atoms with van der Waals surface area (Å²) in [5, 5.41) is 11.5. The Morgan fingerprint density at radius 2 is 1.90 bits per heavy atom. The summed E-state index contributed by atoms with van der Waals surface area (Å²) in [4.78, 5) is 35.4. The van der Waals surface area contributed by atoms with Crippen LogP contribution in [0.15, 0.2) is 0 Å². The Bertz CT molecular complexity index is 333. The van der Waals surface area contributed by atoms with Gasteiger partial charge in [-0.3, -0.25) is 9.59 Å². The van der Waals surface area contributed by atoms with Crippen molar-refractivity contribution >= 4 is 18.0 Å². The van der Waals surface area contributed by atoms with E-state index >= 15 is 0 Å². The first-order valence-corrected chi connectivity index (χ1v) is 6.87. The highest BCUT2D eigenvalue weighted by Gasteiger charge is 2.20. The van der Waals surface area contributed by atoms with Crippen molar-refractivity contribution in [3.05, 3.63) is 0 Å². The number of esters is 1. The van der Waals surface area contributed by atoms with Crippen molar-refractivity contribution in [3.8, 4) is 0 Å². The Labute approximate surface area is 119 Å². The van der Waals surface area contributed by atoms with Gasteiger partial charge in [-0.25, -0.2) is 4.79 Å². The molecule has 20 heavy (non-hydrogen) atoms. The fourth-order valence-corrected chi connectivity index (χ4v) is 1.67. The van der Waals surface area contributed by atoms with E-state index in [9.17, 15) is 14.4 Å². The average Bonchev–Trinajstić information content (AvgIpc) is 2.40. The third-order valence-electron chi connectivity index (χ3n) is 2.78. The summed E-state index contributed by atoms with van der Waals surface area (Å²) in [7, 11) is 0. The zero-order valence-corrected chi connectivity index (χ0v) is 12.3. The molecule has 0 aliphatic rings. The van der Waals surface area contributed by atoms with Crippen LogP contribution in [-0.4, -0.2) is 54.2 Å². The first-order chi connectivity index (χ1) is 9.46. The summed E-state index contributed by atoms with van der Waals surface area (Å²) in [6, 6.07) is -0.456. The molecule has 0 aromatic rings. The van der Waals surface area contributed by atoms with Crippen LogP contribution in [0.2, 0.25) is 0 Å². The first kappa shape index (κ1) is 18.2. The summed E-state index contributed by atoms with van der Waals surface area (Å²) in [6.45, 7) is 5.83. The lowest BCUT2D eigenvalue weighted by atomic mass is 10.0. The smallest absolute Gasteiger partial charge is 0.325 e. The maximum Gasteiger partial charge on any atom is 0.325 e. The number of carboxylic acids is 1. The second kappa shape index (κ2) is 10.1. The van der Waals surface area contributed by atoms with Crippen LogP contribution in [0.25, 0.3) is 0 Å². The fourth-order valence-electron chi connectivity index (χ4n) is 1.67. The van der Waals surface area contributed by atoms with Crippen molar-refractivity contribution in [3.63, 3.8) is 0 Å². The molecule has 7 heteroatoms. The molecule has 2 N–H and O–H groups in total. The molecule has 0 rings (SSSR count). The Balaban J connectivity index is 4.33. The van der Waals surface area contributed by atoms with E-state index in [2.05, 4.69) is 5.32 Å². The van der Waals surface area contributed by atoms with Crippen LogP contribution in [0.3, 0.4) is 0 Å². The molecule has 0 aromatic heterocycles. The van der Waals surface area contributed by atoms with E-state index in [0.717, 1.165) is 6.42 Å². The van der Waals surface area contributed by atoms with Crippen molar-refractivity contribution in [2.75, 3.05) is 26.2 Å². The monoisotopic (exact) mass is 288 g/mol. The maximum atomic E-state index is 11.9. The molecular weight excluding hydrogens is 264 g/mol. The molecule has 0 saturated heterocycles. The van der Waals surface area contributed by atoms with Crippen molar-refractivity contribution in [1.82, 2.24) is 10.2 Å². The first-order valence-electron chi connectivity index (χ1n) is 6.87. The van der Waals surface area contributed by atoms with E-state index in [1.54, 1.807) is 13.8 Å². The zero-order chi connectivity index (χ0) is 15.5. The molecule has 0 fully saturated rings. The van der Waals surface area contributed by atoms with Crippen molar-refractivity contribution in [2.45, 2.75) is 33.6 Å². The summed E-state index contributed by atoms with van der Waals surface area (Å²) in [5.41, 5.74) is 0. The van der Waals surface area contributed by atoms with Gasteiger partial charge in [0.05, 0.1) is 12.5 Å². The van der Waals surface area contributed by atoms with Gasteiger partial charge in [0.25, 0.3) is 0 Å². The van der Waals surface area contributed by atoms with Gasteiger partial charge in [0, 0.05) is 13.1 Å². The van der Waals surface area contributed by atoms with E-state index in [-0.39, 0.29) is 19.7 Å². The molecule has 0 saturated carbocycles. The predicted octanol–water partition coefficient (Wildman–Crippen LogP) is 1.08. The molecule has 2 amide bonds.